The fourth-order valence-corrected chi connectivity index (χ4v) is 2.99. The third-order valence-electron chi connectivity index (χ3n) is 4.42. The molecule has 0 saturated carbocycles. The summed E-state index contributed by atoms with van der Waals surface area (Å²) in [7, 11) is 0. The molecule has 124 valence electrons. The number of benzene rings is 3. The molecule has 3 aromatic rings. The van der Waals surface area contributed by atoms with E-state index < -0.39 is 5.97 Å². The summed E-state index contributed by atoms with van der Waals surface area (Å²) in [6.07, 6.45) is 1.80. The molecule has 0 heterocycles. The molecule has 1 N–H and O–H groups in total. The van der Waals surface area contributed by atoms with E-state index in [4.69, 9.17) is 5.11 Å². The number of hydrogen-bond donors (Lipinski definition) is 1. The van der Waals surface area contributed by atoms with Gasteiger partial charge in [0, 0.05) is 12.0 Å². The fourth-order valence-electron chi connectivity index (χ4n) is 2.99. The smallest absolute Gasteiger partial charge is 0.335 e. The van der Waals surface area contributed by atoms with Crippen LogP contribution in [0.5, 0.6) is 0 Å². The molecular formula is C23H20O2. The third kappa shape index (κ3) is 4.08. The topological polar surface area (TPSA) is 37.3 Å². The number of fused-ring (bicyclic) bond motifs is 1. The minimum Gasteiger partial charge on any atom is -0.478 e. The van der Waals surface area contributed by atoms with Crippen LogP contribution in [0.4, 0.5) is 0 Å². The molecule has 0 aliphatic rings. The standard InChI is InChI=1S/C23H20O2/c1-17(21-12-6-10-19-9-4-5-11-22(19)21)7-2-3-8-18-13-15-20(16-14-18)23(24)25/h4-6,9-17H,2,7H2,1H3,(H,24,25)/t17-/m0/s1. The highest BCUT2D eigenvalue weighted by Gasteiger charge is 2.08. The first-order chi connectivity index (χ1) is 12.1. The second-order valence-corrected chi connectivity index (χ2v) is 6.19. The Morgan fingerprint density at radius 1 is 1.00 bits per heavy atom. The summed E-state index contributed by atoms with van der Waals surface area (Å²) in [6.45, 7) is 2.24. The normalized spacial score (nSPS) is 11.6. The third-order valence-corrected chi connectivity index (χ3v) is 4.42. The maximum Gasteiger partial charge on any atom is 0.335 e. The first-order valence-electron chi connectivity index (χ1n) is 8.45. The van der Waals surface area contributed by atoms with Gasteiger partial charge in [-0.3, -0.25) is 0 Å². The zero-order valence-electron chi connectivity index (χ0n) is 14.2. The van der Waals surface area contributed by atoms with E-state index in [-0.39, 0.29) is 5.56 Å². The van der Waals surface area contributed by atoms with Gasteiger partial charge in [0.1, 0.15) is 0 Å². The van der Waals surface area contributed by atoms with Crippen LogP contribution < -0.4 is 0 Å². The van der Waals surface area contributed by atoms with E-state index in [1.807, 2.05) is 0 Å². The Kier molecular flexibility index (Phi) is 5.16. The average molecular weight is 328 g/mol. The molecule has 0 saturated heterocycles. The van der Waals surface area contributed by atoms with Crippen molar-refractivity contribution >= 4 is 16.7 Å². The van der Waals surface area contributed by atoms with Gasteiger partial charge in [-0.15, -0.1) is 0 Å². The number of aromatic carboxylic acids is 1. The van der Waals surface area contributed by atoms with Crippen LogP contribution in [0.1, 0.15) is 47.2 Å². The van der Waals surface area contributed by atoms with E-state index in [1.54, 1.807) is 24.3 Å². The molecule has 25 heavy (non-hydrogen) atoms. The summed E-state index contributed by atoms with van der Waals surface area (Å²) >= 11 is 0. The largest absolute Gasteiger partial charge is 0.478 e. The SMILES string of the molecule is C[C@@H](CCC#Cc1ccc(C(=O)O)cc1)c1cccc2ccccc12. The molecule has 3 rings (SSSR count). The molecule has 0 amide bonds. The van der Waals surface area contributed by atoms with Crippen molar-refractivity contribution in [2.24, 2.45) is 0 Å². The summed E-state index contributed by atoms with van der Waals surface area (Å²) in [5.74, 6) is 5.84. The van der Waals surface area contributed by atoms with Gasteiger partial charge in [0.25, 0.3) is 0 Å². The molecular weight excluding hydrogens is 308 g/mol. The number of hydrogen-bond acceptors (Lipinski definition) is 1. The molecule has 3 aromatic carbocycles. The summed E-state index contributed by atoms with van der Waals surface area (Å²) in [5, 5.41) is 11.5. The Morgan fingerprint density at radius 2 is 1.72 bits per heavy atom. The maximum absolute atomic E-state index is 10.8. The fraction of sp³-hybridized carbons (Fsp3) is 0.174. The lowest BCUT2D eigenvalue weighted by Crippen LogP contribution is -1.95. The summed E-state index contributed by atoms with van der Waals surface area (Å²) in [5.41, 5.74) is 2.50. The first-order valence-corrected chi connectivity index (χ1v) is 8.45. The summed E-state index contributed by atoms with van der Waals surface area (Å²) in [6, 6.07) is 21.6. The van der Waals surface area contributed by atoms with Gasteiger partial charge in [0.05, 0.1) is 5.56 Å². The van der Waals surface area contributed by atoms with Gasteiger partial charge < -0.3 is 5.11 Å². The number of carboxylic acid groups (broad SMARTS) is 1. The lowest BCUT2D eigenvalue weighted by molar-refractivity contribution is 0.0697. The van der Waals surface area contributed by atoms with Gasteiger partial charge in [-0.25, -0.2) is 4.79 Å². The van der Waals surface area contributed by atoms with Crippen molar-refractivity contribution in [2.75, 3.05) is 0 Å². The highest BCUT2D eigenvalue weighted by atomic mass is 16.4. The highest BCUT2D eigenvalue weighted by Crippen LogP contribution is 2.28. The van der Waals surface area contributed by atoms with E-state index in [9.17, 15) is 4.79 Å². The van der Waals surface area contributed by atoms with Gasteiger partial charge in [0.15, 0.2) is 0 Å². The molecule has 0 spiro atoms. The average Bonchev–Trinajstić information content (AvgIpc) is 2.65. The Labute approximate surface area is 148 Å². The predicted molar refractivity (Wildman–Crippen MR) is 102 cm³/mol. The van der Waals surface area contributed by atoms with E-state index in [0.717, 1.165) is 18.4 Å². The second-order valence-electron chi connectivity index (χ2n) is 6.19. The van der Waals surface area contributed by atoms with Crippen LogP contribution in [-0.2, 0) is 0 Å². The van der Waals surface area contributed by atoms with Gasteiger partial charge in [0.2, 0.25) is 0 Å². The van der Waals surface area contributed by atoms with Crippen LogP contribution in [0.25, 0.3) is 10.8 Å². The van der Waals surface area contributed by atoms with Crippen molar-refractivity contribution in [3.63, 3.8) is 0 Å². The lowest BCUT2D eigenvalue weighted by Gasteiger charge is -2.13. The van der Waals surface area contributed by atoms with E-state index in [0.29, 0.717) is 5.92 Å². The predicted octanol–water partition coefficient (Wildman–Crippen LogP) is 5.47. The zero-order valence-corrected chi connectivity index (χ0v) is 14.2. The Morgan fingerprint density at radius 3 is 2.48 bits per heavy atom. The van der Waals surface area contributed by atoms with Crippen molar-refractivity contribution in [1.82, 2.24) is 0 Å². The summed E-state index contributed by atoms with van der Waals surface area (Å²) in [4.78, 5) is 10.8. The van der Waals surface area contributed by atoms with Crippen LogP contribution in [0.15, 0.2) is 66.7 Å². The molecule has 0 fully saturated rings. The van der Waals surface area contributed by atoms with Crippen LogP contribution in [0, 0.1) is 11.8 Å². The monoisotopic (exact) mass is 328 g/mol. The number of carboxylic acids is 1. The lowest BCUT2D eigenvalue weighted by atomic mass is 9.91. The molecule has 2 nitrogen and oxygen atoms in total. The van der Waals surface area contributed by atoms with Gasteiger partial charge in [-0.1, -0.05) is 61.2 Å². The molecule has 0 aliphatic heterocycles. The quantitative estimate of drug-likeness (QED) is 0.644. The minimum absolute atomic E-state index is 0.287. The Balaban J connectivity index is 1.65. The molecule has 0 aromatic heterocycles. The van der Waals surface area contributed by atoms with Gasteiger partial charge in [-0.2, -0.15) is 0 Å². The molecule has 0 radical (unpaired) electrons. The van der Waals surface area contributed by atoms with Crippen molar-refractivity contribution in [2.45, 2.75) is 25.7 Å². The van der Waals surface area contributed by atoms with Crippen LogP contribution >= 0.6 is 0 Å². The molecule has 0 unspecified atom stereocenters. The highest BCUT2D eigenvalue weighted by molar-refractivity contribution is 5.87. The second kappa shape index (κ2) is 7.68. The first kappa shape index (κ1) is 16.8. The zero-order chi connectivity index (χ0) is 17.6. The van der Waals surface area contributed by atoms with Gasteiger partial charge >= 0.3 is 5.97 Å². The maximum atomic E-state index is 10.8. The summed E-state index contributed by atoms with van der Waals surface area (Å²) < 4.78 is 0. The molecule has 0 bridgehead atoms. The number of rotatable bonds is 4. The Hall–Kier alpha value is -3.05. The van der Waals surface area contributed by atoms with Crippen molar-refractivity contribution in [3.8, 4) is 11.8 Å². The Bertz CT molecular complexity index is 938. The van der Waals surface area contributed by atoms with Gasteiger partial charge in [-0.05, 0) is 52.9 Å². The van der Waals surface area contributed by atoms with Crippen molar-refractivity contribution in [1.29, 1.82) is 0 Å². The van der Waals surface area contributed by atoms with E-state index in [2.05, 4.69) is 61.2 Å². The molecule has 1 atom stereocenters. The molecule has 2 heteroatoms. The van der Waals surface area contributed by atoms with Crippen LogP contribution in [-0.4, -0.2) is 11.1 Å². The van der Waals surface area contributed by atoms with E-state index in [1.165, 1.54) is 16.3 Å². The van der Waals surface area contributed by atoms with E-state index >= 15 is 0 Å². The van der Waals surface area contributed by atoms with Crippen LogP contribution in [0.3, 0.4) is 0 Å². The van der Waals surface area contributed by atoms with Crippen molar-refractivity contribution < 1.29 is 9.90 Å². The number of carbonyl (C=O) groups is 1. The van der Waals surface area contributed by atoms with Crippen molar-refractivity contribution in [3.05, 3.63) is 83.4 Å². The molecule has 0 aliphatic carbocycles. The van der Waals surface area contributed by atoms with Crippen LogP contribution in [0.2, 0.25) is 0 Å². The minimum atomic E-state index is -0.913.